The number of imide groups is 1. The van der Waals surface area contributed by atoms with Crippen LogP contribution in [-0.2, 0) is 4.79 Å². The largest absolute Gasteiger partial charge is 0.493 e. The lowest BCUT2D eigenvalue weighted by Gasteiger charge is -2.10. The van der Waals surface area contributed by atoms with Crippen LogP contribution in [0, 0.1) is 0 Å². The first-order valence-corrected chi connectivity index (χ1v) is 6.90. The normalized spacial score (nSPS) is 16.9. The summed E-state index contributed by atoms with van der Waals surface area (Å²) in [5.41, 5.74) is 0.702. The zero-order valence-electron chi connectivity index (χ0n) is 11.5. The fourth-order valence-electron chi connectivity index (χ4n) is 1.94. The summed E-state index contributed by atoms with van der Waals surface area (Å²) in [5.74, 6) is 0.849. The van der Waals surface area contributed by atoms with Crippen LogP contribution < -0.4 is 9.47 Å². The Morgan fingerprint density at radius 1 is 1.25 bits per heavy atom. The minimum Gasteiger partial charge on any atom is -0.493 e. The highest BCUT2D eigenvalue weighted by Gasteiger charge is 2.33. The third-order valence-corrected chi connectivity index (χ3v) is 3.82. The predicted molar refractivity (Wildman–Crippen MR) is 77.9 cm³/mol. The van der Waals surface area contributed by atoms with E-state index in [1.54, 1.807) is 38.3 Å². The lowest BCUT2D eigenvalue weighted by molar-refractivity contribution is -0.122. The van der Waals surface area contributed by atoms with Crippen molar-refractivity contribution in [2.75, 3.05) is 20.8 Å². The first-order valence-electron chi connectivity index (χ1n) is 6.08. The predicted octanol–water partition coefficient (Wildman–Crippen LogP) is 2.76. The zero-order chi connectivity index (χ0) is 14.7. The van der Waals surface area contributed by atoms with Gasteiger partial charge < -0.3 is 9.47 Å². The van der Waals surface area contributed by atoms with Crippen molar-refractivity contribution < 1.29 is 19.1 Å². The smallest absolute Gasteiger partial charge is 0.293 e. The molecule has 1 aliphatic rings. The van der Waals surface area contributed by atoms with Crippen LogP contribution >= 0.6 is 11.8 Å². The van der Waals surface area contributed by atoms with Crippen LogP contribution in [0.1, 0.15) is 12.5 Å². The van der Waals surface area contributed by atoms with Crippen molar-refractivity contribution >= 4 is 29.0 Å². The molecule has 2 amide bonds. The number of likely N-dealkylation sites (N-methyl/N-ethyl adjacent to an activating group) is 1. The molecule has 0 bridgehead atoms. The highest BCUT2D eigenvalue weighted by Crippen LogP contribution is 2.36. The molecule has 1 aliphatic heterocycles. The van der Waals surface area contributed by atoms with E-state index in [4.69, 9.17) is 9.47 Å². The van der Waals surface area contributed by atoms with Gasteiger partial charge in [-0.05, 0) is 30.8 Å². The number of carbonyl (C=O) groups excluding carboxylic acids is 2. The highest BCUT2D eigenvalue weighted by atomic mass is 32.2. The van der Waals surface area contributed by atoms with Crippen molar-refractivity contribution in [2.24, 2.45) is 0 Å². The van der Waals surface area contributed by atoms with Crippen molar-refractivity contribution in [2.45, 2.75) is 6.92 Å². The summed E-state index contributed by atoms with van der Waals surface area (Å²) in [6.07, 6.45) is 1.65. The van der Waals surface area contributed by atoms with Gasteiger partial charge in [0.15, 0.2) is 11.5 Å². The number of carbonyl (C=O) groups is 2. The van der Waals surface area contributed by atoms with E-state index in [9.17, 15) is 9.59 Å². The molecule has 0 radical (unpaired) electrons. The summed E-state index contributed by atoms with van der Waals surface area (Å²) >= 11 is 0.936. The summed E-state index contributed by atoms with van der Waals surface area (Å²) < 4.78 is 10.5. The summed E-state index contributed by atoms with van der Waals surface area (Å²) in [6, 6.07) is 5.38. The van der Waals surface area contributed by atoms with Gasteiger partial charge in [0.2, 0.25) is 0 Å². The summed E-state index contributed by atoms with van der Waals surface area (Å²) in [7, 11) is 3.08. The van der Waals surface area contributed by atoms with Gasteiger partial charge in [0.25, 0.3) is 11.1 Å². The number of amides is 2. The van der Waals surface area contributed by atoms with Gasteiger partial charge >= 0.3 is 0 Å². The van der Waals surface area contributed by atoms with Gasteiger partial charge in [0.1, 0.15) is 0 Å². The number of thioether (sulfide) groups is 1. The molecule has 0 spiro atoms. The summed E-state index contributed by atoms with van der Waals surface area (Å²) in [5, 5.41) is -0.245. The number of ether oxygens (including phenoxy) is 2. The monoisotopic (exact) mass is 293 g/mol. The van der Waals surface area contributed by atoms with Crippen LogP contribution in [0.4, 0.5) is 4.79 Å². The Hall–Kier alpha value is -1.95. The second-order valence-corrected chi connectivity index (χ2v) is 5.00. The van der Waals surface area contributed by atoms with Crippen molar-refractivity contribution in [3.05, 3.63) is 28.7 Å². The Morgan fingerprint density at radius 3 is 2.55 bits per heavy atom. The first kappa shape index (κ1) is 14.5. The van der Waals surface area contributed by atoms with Gasteiger partial charge in [-0.25, -0.2) is 0 Å². The molecule has 0 N–H and O–H groups in total. The first-order chi connectivity index (χ1) is 9.62. The average Bonchev–Trinajstić information content (AvgIpc) is 2.72. The second kappa shape index (κ2) is 6.00. The highest BCUT2D eigenvalue weighted by molar-refractivity contribution is 8.18. The number of para-hydroxylation sites is 1. The van der Waals surface area contributed by atoms with E-state index in [0.29, 0.717) is 28.5 Å². The SMILES string of the molecule is CCN1C(=O)S/C(=C/c2cccc(OC)c2OC)C1=O. The molecular weight excluding hydrogens is 278 g/mol. The molecule has 0 atom stereocenters. The molecule has 1 aromatic carbocycles. The van der Waals surface area contributed by atoms with Crippen LogP contribution in [0.15, 0.2) is 23.1 Å². The average molecular weight is 293 g/mol. The fraction of sp³-hybridized carbons (Fsp3) is 0.286. The standard InChI is InChI=1S/C14H15NO4S/c1-4-15-13(16)11(20-14(15)17)8-9-6-5-7-10(18-2)12(9)19-3/h5-8H,4H2,1-3H3/b11-8+. The third kappa shape index (κ3) is 2.51. The van der Waals surface area contributed by atoms with E-state index in [0.717, 1.165) is 11.8 Å². The lowest BCUT2D eigenvalue weighted by atomic mass is 10.1. The number of rotatable bonds is 4. The number of hydrogen-bond acceptors (Lipinski definition) is 5. The van der Waals surface area contributed by atoms with E-state index in [2.05, 4.69) is 0 Å². The van der Waals surface area contributed by atoms with E-state index >= 15 is 0 Å². The van der Waals surface area contributed by atoms with Crippen molar-refractivity contribution in [3.63, 3.8) is 0 Å². The van der Waals surface area contributed by atoms with Crippen LogP contribution in [-0.4, -0.2) is 36.8 Å². The van der Waals surface area contributed by atoms with Crippen molar-refractivity contribution in [3.8, 4) is 11.5 Å². The quantitative estimate of drug-likeness (QED) is 0.799. The summed E-state index contributed by atoms with van der Waals surface area (Å²) in [4.78, 5) is 25.3. The Kier molecular flexibility index (Phi) is 4.34. The number of nitrogens with zero attached hydrogens (tertiary/aromatic N) is 1. The molecule has 1 heterocycles. The molecular formula is C14H15NO4S. The third-order valence-electron chi connectivity index (χ3n) is 2.91. The minimum atomic E-state index is -0.271. The van der Waals surface area contributed by atoms with Crippen molar-refractivity contribution in [1.82, 2.24) is 4.90 Å². The molecule has 5 nitrogen and oxygen atoms in total. The van der Waals surface area contributed by atoms with Gasteiger partial charge in [0, 0.05) is 12.1 Å². The molecule has 1 aromatic rings. The summed E-state index contributed by atoms with van der Waals surface area (Å²) in [6.45, 7) is 2.14. The molecule has 0 saturated carbocycles. The fourth-order valence-corrected chi connectivity index (χ4v) is 2.83. The zero-order valence-corrected chi connectivity index (χ0v) is 12.3. The molecule has 2 rings (SSSR count). The Labute approximate surface area is 121 Å². The molecule has 1 fully saturated rings. The lowest BCUT2D eigenvalue weighted by Crippen LogP contribution is -2.27. The Bertz CT molecular complexity index is 583. The van der Waals surface area contributed by atoms with Crippen LogP contribution in [0.5, 0.6) is 11.5 Å². The molecule has 20 heavy (non-hydrogen) atoms. The maximum atomic E-state index is 12.0. The number of methoxy groups -OCH3 is 2. The van der Waals surface area contributed by atoms with E-state index in [1.807, 2.05) is 0 Å². The number of benzene rings is 1. The van der Waals surface area contributed by atoms with Crippen LogP contribution in [0.2, 0.25) is 0 Å². The Morgan fingerprint density at radius 2 is 2.00 bits per heavy atom. The van der Waals surface area contributed by atoms with E-state index < -0.39 is 0 Å². The van der Waals surface area contributed by atoms with Gasteiger partial charge in [-0.3, -0.25) is 14.5 Å². The van der Waals surface area contributed by atoms with Crippen LogP contribution in [0.25, 0.3) is 6.08 Å². The second-order valence-electron chi connectivity index (χ2n) is 4.01. The topological polar surface area (TPSA) is 55.8 Å². The van der Waals surface area contributed by atoms with Crippen molar-refractivity contribution in [1.29, 1.82) is 0 Å². The van der Waals surface area contributed by atoms with E-state index in [1.165, 1.54) is 12.0 Å². The van der Waals surface area contributed by atoms with Crippen LogP contribution in [0.3, 0.4) is 0 Å². The van der Waals surface area contributed by atoms with Gasteiger partial charge in [-0.2, -0.15) is 0 Å². The molecule has 6 heteroatoms. The molecule has 106 valence electrons. The number of hydrogen-bond donors (Lipinski definition) is 0. The maximum absolute atomic E-state index is 12.0. The van der Waals surface area contributed by atoms with E-state index in [-0.39, 0.29) is 11.1 Å². The molecule has 0 aliphatic carbocycles. The van der Waals surface area contributed by atoms with Gasteiger partial charge in [-0.1, -0.05) is 12.1 Å². The maximum Gasteiger partial charge on any atom is 0.293 e. The molecule has 0 aromatic heterocycles. The minimum absolute atomic E-state index is 0.245. The Balaban J connectivity index is 2.42. The van der Waals surface area contributed by atoms with Gasteiger partial charge in [-0.15, -0.1) is 0 Å². The molecule has 1 saturated heterocycles. The molecule has 0 unspecified atom stereocenters. The van der Waals surface area contributed by atoms with Gasteiger partial charge in [0.05, 0.1) is 19.1 Å².